The first-order valence-corrected chi connectivity index (χ1v) is 9.57. The standard InChI is InChI=1S/C18H22N2O3S/c1-12(2)24(21,22)20-17-10-16(17)14-6-4-13(5-7-14)15-8-9-18(23-3)19-11-15/h4-9,11-12,16-17,20H,10H2,1-3H3. The van der Waals surface area contributed by atoms with Gasteiger partial charge in [0.25, 0.3) is 0 Å². The molecule has 1 heterocycles. The summed E-state index contributed by atoms with van der Waals surface area (Å²) in [6.07, 6.45) is 2.64. The molecule has 6 heteroatoms. The monoisotopic (exact) mass is 346 g/mol. The summed E-state index contributed by atoms with van der Waals surface area (Å²) in [5, 5.41) is -0.399. The average molecular weight is 346 g/mol. The van der Waals surface area contributed by atoms with Crippen molar-refractivity contribution in [2.24, 2.45) is 0 Å². The van der Waals surface area contributed by atoms with E-state index in [9.17, 15) is 8.42 Å². The lowest BCUT2D eigenvalue weighted by molar-refractivity contribution is 0.398. The van der Waals surface area contributed by atoms with Gasteiger partial charge in [-0.1, -0.05) is 24.3 Å². The summed E-state index contributed by atoms with van der Waals surface area (Å²) in [5.41, 5.74) is 3.26. The number of hydrogen-bond acceptors (Lipinski definition) is 4. The van der Waals surface area contributed by atoms with Gasteiger partial charge in [0.2, 0.25) is 15.9 Å². The summed E-state index contributed by atoms with van der Waals surface area (Å²) in [6, 6.07) is 12.0. The van der Waals surface area contributed by atoms with E-state index < -0.39 is 15.3 Å². The van der Waals surface area contributed by atoms with E-state index in [1.165, 1.54) is 0 Å². The van der Waals surface area contributed by atoms with E-state index in [2.05, 4.69) is 21.8 Å². The third kappa shape index (κ3) is 3.60. The number of sulfonamides is 1. The van der Waals surface area contributed by atoms with Crippen molar-refractivity contribution in [2.75, 3.05) is 7.11 Å². The fraction of sp³-hybridized carbons (Fsp3) is 0.389. The van der Waals surface area contributed by atoms with Crippen molar-refractivity contribution in [1.29, 1.82) is 0 Å². The summed E-state index contributed by atoms with van der Waals surface area (Å²) < 4.78 is 31.7. The number of hydrogen-bond donors (Lipinski definition) is 1. The number of nitrogens with zero attached hydrogens (tertiary/aromatic N) is 1. The average Bonchev–Trinajstić information content (AvgIpc) is 3.33. The molecule has 0 amide bonds. The molecule has 0 bridgehead atoms. The number of ether oxygens (including phenoxy) is 1. The summed E-state index contributed by atoms with van der Waals surface area (Å²) in [4.78, 5) is 4.21. The lowest BCUT2D eigenvalue weighted by Gasteiger charge is -2.09. The van der Waals surface area contributed by atoms with Crippen LogP contribution in [-0.4, -0.2) is 31.8 Å². The van der Waals surface area contributed by atoms with Gasteiger partial charge in [-0.2, -0.15) is 0 Å². The Balaban J connectivity index is 1.67. The van der Waals surface area contributed by atoms with Gasteiger partial charge in [-0.25, -0.2) is 18.1 Å². The van der Waals surface area contributed by atoms with Crippen LogP contribution < -0.4 is 9.46 Å². The van der Waals surface area contributed by atoms with E-state index in [1.54, 1.807) is 27.2 Å². The highest BCUT2D eigenvalue weighted by Gasteiger charge is 2.41. The SMILES string of the molecule is COc1ccc(-c2ccc(C3CC3NS(=O)(=O)C(C)C)cc2)cn1. The Morgan fingerprint density at radius 1 is 1.12 bits per heavy atom. The molecule has 1 saturated carbocycles. The maximum Gasteiger partial charge on any atom is 0.214 e. The Hall–Kier alpha value is -1.92. The lowest BCUT2D eigenvalue weighted by atomic mass is 10.0. The number of rotatable bonds is 6. The van der Waals surface area contributed by atoms with Crippen LogP contribution in [0.15, 0.2) is 42.6 Å². The van der Waals surface area contributed by atoms with Crippen molar-refractivity contribution in [2.45, 2.75) is 37.5 Å². The second kappa shape index (κ2) is 6.53. The highest BCUT2D eigenvalue weighted by molar-refractivity contribution is 7.90. The Morgan fingerprint density at radius 3 is 2.33 bits per heavy atom. The number of methoxy groups -OCH3 is 1. The van der Waals surface area contributed by atoms with Crippen molar-refractivity contribution >= 4 is 10.0 Å². The van der Waals surface area contributed by atoms with E-state index in [0.29, 0.717) is 5.88 Å². The Labute approximate surface area is 143 Å². The fourth-order valence-electron chi connectivity index (χ4n) is 2.64. The molecule has 0 saturated heterocycles. The molecule has 24 heavy (non-hydrogen) atoms. The van der Waals surface area contributed by atoms with Gasteiger partial charge in [0.05, 0.1) is 12.4 Å². The third-order valence-corrected chi connectivity index (χ3v) is 6.22. The van der Waals surface area contributed by atoms with Crippen LogP contribution in [0, 0.1) is 0 Å². The van der Waals surface area contributed by atoms with Crippen molar-refractivity contribution < 1.29 is 13.2 Å². The first-order valence-electron chi connectivity index (χ1n) is 8.02. The molecule has 2 unspecified atom stereocenters. The predicted octanol–water partition coefficient (Wildman–Crippen LogP) is 2.94. The summed E-state index contributed by atoms with van der Waals surface area (Å²) in [7, 11) is -1.61. The molecule has 0 radical (unpaired) electrons. The predicted molar refractivity (Wildman–Crippen MR) is 94.6 cm³/mol. The lowest BCUT2D eigenvalue weighted by Crippen LogP contribution is -2.33. The Bertz CT molecular complexity index is 799. The Kier molecular flexibility index (Phi) is 4.60. The molecule has 1 N–H and O–H groups in total. The minimum atomic E-state index is -3.20. The van der Waals surface area contributed by atoms with Crippen LogP contribution in [0.2, 0.25) is 0 Å². The van der Waals surface area contributed by atoms with Gasteiger partial charge in [-0.05, 0) is 37.5 Å². The molecule has 2 aromatic rings. The van der Waals surface area contributed by atoms with E-state index in [1.807, 2.05) is 24.3 Å². The van der Waals surface area contributed by atoms with Crippen molar-refractivity contribution in [1.82, 2.24) is 9.71 Å². The van der Waals surface area contributed by atoms with E-state index in [0.717, 1.165) is 23.1 Å². The molecule has 3 rings (SSSR count). The van der Waals surface area contributed by atoms with Crippen molar-refractivity contribution in [3.63, 3.8) is 0 Å². The van der Waals surface area contributed by atoms with Gasteiger partial charge in [0.1, 0.15) is 0 Å². The zero-order valence-corrected chi connectivity index (χ0v) is 14.9. The second-order valence-electron chi connectivity index (χ2n) is 6.37. The largest absolute Gasteiger partial charge is 0.481 e. The van der Waals surface area contributed by atoms with Crippen LogP contribution >= 0.6 is 0 Å². The molecule has 0 aliphatic heterocycles. The molecule has 1 aromatic heterocycles. The summed E-state index contributed by atoms with van der Waals surface area (Å²) in [6.45, 7) is 3.38. The molecule has 128 valence electrons. The quantitative estimate of drug-likeness (QED) is 0.873. The molecule has 2 atom stereocenters. The van der Waals surface area contributed by atoms with E-state index in [4.69, 9.17) is 4.74 Å². The molecule has 1 aliphatic rings. The maximum absolute atomic E-state index is 11.9. The van der Waals surface area contributed by atoms with Crippen LogP contribution in [0.5, 0.6) is 5.88 Å². The van der Waals surface area contributed by atoms with Gasteiger partial charge >= 0.3 is 0 Å². The fourth-order valence-corrected chi connectivity index (χ4v) is 3.59. The highest BCUT2D eigenvalue weighted by atomic mass is 32.2. The molecule has 1 aliphatic carbocycles. The van der Waals surface area contributed by atoms with Crippen LogP contribution in [0.3, 0.4) is 0 Å². The smallest absolute Gasteiger partial charge is 0.214 e. The van der Waals surface area contributed by atoms with Gasteiger partial charge in [-0.15, -0.1) is 0 Å². The second-order valence-corrected chi connectivity index (χ2v) is 8.64. The van der Waals surface area contributed by atoms with E-state index in [-0.39, 0.29) is 12.0 Å². The van der Waals surface area contributed by atoms with Gasteiger partial charge in [0, 0.05) is 29.8 Å². The van der Waals surface area contributed by atoms with E-state index >= 15 is 0 Å². The molecule has 0 spiro atoms. The van der Waals surface area contributed by atoms with Crippen LogP contribution in [-0.2, 0) is 10.0 Å². The van der Waals surface area contributed by atoms with Crippen LogP contribution in [0.1, 0.15) is 31.7 Å². The first kappa shape index (κ1) is 16.9. The number of nitrogens with one attached hydrogen (secondary N) is 1. The minimum absolute atomic E-state index is 0.0194. The van der Waals surface area contributed by atoms with Gasteiger partial charge in [0.15, 0.2) is 0 Å². The number of aromatic nitrogens is 1. The normalized spacial score (nSPS) is 20.2. The van der Waals surface area contributed by atoms with Crippen molar-refractivity contribution in [3.8, 4) is 17.0 Å². The highest BCUT2D eigenvalue weighted by Crippen LogP contribution is 2.41. The molecular formula is C18H22N2O3S. The van der Waals surface area contributed by atoms with Crippen LogP contribution in [0.4, 0.5) is 0 Å². The number of benzene rings is 1. The minimum Gasteiger partial charge on any atom is -0.481 e. The zero-order chi connectivity index (χ0) is 17.3. The van der Waals surface area contributed by atoms with Crippen molar-refractivity contribution in [3.05, 3.63) is 48.2 Å². The molecule has 1 fully saturated rings. The molecule has 1 aromatic carbocycles. The van der Waals surface area contributed by atoms with Gasteiger partial charge < -0.3 is 4.74 Å². The number of pyridine rings is 1. The first-order chi connectivity index (χ1) is 11.4. The Morgan fingerprint density at radius 2 is 1.79 bits per heavy atom. The summed E-state index contributed by atoms with van der Waals surface area (Å²) in [5.74, 6) is 0.857. The maximum atomic E-state index is 11.9. The topological polar surface area (TPSA) is 68.3 Å². The zero-order valence-electron chi connectivity index (χ0n) is 14.1. The molecule has 5 nitrogen and oxygen atoms in total. The van der Waals surface area contributed by atoms with Gasteiger partial charge in [-0.3, -0.25) is 0 Å². The van der Waals surface area contributed by atoms with Crippen LogP contribution in [0.25, 0.3) is 11.1 Å². The molecular weight excluding hydrogens is 324 g/mol. The third-order valence-electron chi connectivity index (χ3n) is 4.34. The summed E-state index contributed by atoms with van der Waals surface area (Å²) >= 11 is 0.